The fourth-order valence-corrected chi connectivity index (χ4v) is 2.59. The summed E-state index contributed by atoms with van der Waals surface area (Å²) in [5.74, 6) is 1.33. The molecule has 1 aliphatic rings. The third-order valence-corrected chi connectivity index (χ3v) is 3.66. The van der Waals surface area contributed by atoms with Crippen LogP contribution in [0.3, 0.4) is 0 Å². The van der Waals surface area contributed by atoms with E-state index in [1.54, 1.807) is 0 Å². The average Bonchev–Trinajstić information content (AvgIpc) is 1.96. The van der Waals surface area contributed by atoms with Gasteiger partial charge in [-0.25, -0.2) is 0 Å². The van der Waals surface area contributed by atoms with Gasteiger partial charge >= 0.3 is 0 Å². The number of hydrogen-bond donors (Lipinski definition) is 2. The van der Waals surface area contributed by atoms with E-state index in [1.807, 2.05) is 0 Å². The first-order valence-electron chi connectivity index (χ1n) is 4.86. The second-order valence-electron chi connectivity index (χ2n) is 4.73. The summed E-state index contributed by atoms with van der Waals surface area (Å²) in [5.41, 5.74) is 6.21. The lowest BCUT2D eigenvalue weighted by Crippen LogP contribution is -2.52. The van der Waals surface area contributed by atoms with E-state index >= 15 is 0 Å². The summed E-state index contributed by atoms with van der Waals surface area (Å²) in [6.07, 6.45) is 2.14. The molecule has 0 bridgehead atoms. The van der Waals surface area contributed by atoms with Gasteiger partial charge in [-0.1, -0.05) is 13.8 Å². The summed E-state index contributed by atoms with van der Waals surface area (Å²) in [6, 6.07) is 0.301. The Labute approximate surface area is 75.2 Å². The number of aliphatic hydroxyl groups excluding tert-OH is 1. The molecule has 0 aromatic carbocycles. The van der Waals surface area contributed by atoms with Gasteiger partial charge < -0.3 is 10.8 Å². The van der Waals surface area contributed by atoms with Crippen molar-refractivity contribution in [1.82, 2.24) is 0 Å². The van der Waals surface area contributed by atoms with Crippen LogP contribution in [-0.4, -0.2) is 17.8 Å². The van der Waals surface area contributed by atoms with Crippen molar-refractivity contribution in [3.63, 3.8) is 0 Å². The van der Waals surface area contributed by atoms with Crippen LogP contribution in [0.4, 0.5) is 0 Å². The van der Waals surface area contributed by atoms with E-state index in [1.165, 1.54) is 6.42 Å². The van der Waals surface area contributed by atoms with Crippen molar-refractivity contribution in [3.05, 3.63) is 0 Å². The van der Waals surface area contributed by atoms with Gasteiger partial charge in [-0.2, -0.15) is 0 Å². The topological polar surface area (TPSA) is 46.2 Å². The van der Waals surface area contributed by atoms with Crippen molar-refractivity contribution in [2.75, 3.05) is 6.61 Å². The lowest BCUT2D eigenvalue weighted by Gasteiger charge is -2.54. The first kappa shape index (κ1) is 10.0. The molecule has 2 heteroatoms. The predicted octanol–water partition coefficient (Wildman–Crippen LogP) is 1.38. The minimum Gasteiger partial charge on any atom is -0.396 e. The number of aliphatic hydroxyl groups is 1. The zero-order valence-corrected chi connectivity index (χ0v) is 8.38. The van der Waals surface area contributed by atoms with Crippen LogP contribution in [0.25, 0.3) is 0 Å². The van der Waals surface area contributed by atoms with E-state index in [4.69, 9.17) is 10.8 Å². The Bertz CT molecular complexity index is 154. The molecular formula is C10H21NO. The molecule has 0 aromatic rings. The van der Waals surface area contributed by atoms with Gasteiger partial charge in [0.25, 0.3) is 0 Å². The Morgan fingerprint density at radius 2 is 2.17 bits per heavy atom. The summed E-state index contributed by atoms with van der Waals surface area (Å²) < 4.78 is 0. The van der Waals surface area contributed by atoms with Gasteiger partial charge in [-0.3, -0.25) is 0 Å². The van der Waals surface area contributed by atoms with E-state index in [2.05, 4.69) is 20.8 Å². The van der Waals surface area contributed by atoms with E-state index in [9.17, 15) is 0 Å². The molecule has 0 heterocycles. The SMILES string of the molecule is CC(N)C1CC(CCO)C1(C)C. The van der Waals surface area contributed by atoms with Gasteiger partial charge in [0.15, 0.2) is 0 Å². The van der Waals surface area contributed by atoms with Gasteiger partial charge in [-0.05, 0) is 37.0 Å². The summed E-state index contributed by atoms with van der Waals surface area (Å²) in [7, 11) is 0. The smallest absolute Gasteiger partial charge is 0.0433 e. The second-order valence-corrected chi connectivity index (χ2v) is 4.73. The van der Waals surface area contributed by atoms with E-state index < -0.39 is 0 Å². The number of hydrogen-bond acceptors (Lipinski definition) is 2. The van der Waals surface area contributed by atoms with E-state index in [0.717, 1.165) is 6.42 Å². The quantitative estimate of drug-likeness (QED) is 0.674. The molecule has 3 unspecified atom stereocenters. The van der Waals surface area contributed by atoms with Gasteiger partial charge in [-0.15, -0.1) is 0 Å². The van der Waals surface area contributed by atoms with Crippen molar-refractivity contribution < 1.29 is 5.11 Å². The minimum absolute atomic E-state index is 0.301. The molecule has 0 aromatic heterocycles. The predicted molar refractivity (Wildman–Crippen MR) is 50.7 cm³/mol. The van der Waals surface area contributed by atoms with Crippen molar-refractivity contribution in [3.8, 4) is 0 Å². The third kappa shape index (κ3) is 1.50. The molecular weight excluding hydrogens is 150 g/mol. The third-order valence-electron chi connectivity index (χ3n) is 3.66. The van der Waals surface area contributed by atoms with Crippen LogP contribution >= 0.6 is 0 Å². The maximum absolute atomic E-state index is 8.83. The lowest BCUT2D eigenvalue weighted by atomic mass is 9.52. The maximum Gasteiger partial charge on any atom is 0.0433 e. The molecule has 0 radical (unpaired) electrons. The average molecular weight is 171 g/mol. The van der Waals surface area contributed by atoms with Crippen LogP contribution < -0.4 is 5.73 Å². The highest BCUT2D eigenvalue weighted by molar-refractivity contribution is 4.99. The standard InChI is InChI=1S/C10H21NO/c1-7(11)9-6-8(4-5-12)10(9,2)3/h7-9,12H,4-6,11H2,1-3H3. The van der Waals surface area contributed by atoms with Gasteiger partial charge in [0, 0.05) is 12.6 Å². The van der Waals surface area contributed by atoms with Crippen LogP contribution in [0, 0.1) is 17.3 Å². The molecule has 1 rings (SSSR count). The highest BCUT2D eigenvalue weighted by Crippen LogP contribution is 2.53. The molecule has 1 fully saturated rings. The molecule has 0 spiro atoms. The Balaban J connectivity index is 2.48. The summed E-state index contributed by atoms with van der Waals surface area (Å²) in [4.78, 5) is 0. The first-order valence-corrected chi connectivity index (χ1v) is 4.86. The number of rotatable bonds is 3. The molecule has 0 saturated heterocycles. The summed E-state index contributed by atoms with van der Waals surface area (Å²) >= 11 is 0. The van der Waals surface area contributed by atoms with E-state index in [-0.39, 0.29) is 0 Å². The zero-order chi connectivity index (χ0) is 9.35. The molecule has 12 heavy (non-hydrogen) atoms. The van der Waals surface area contributed by atoms with Crippen LogP contribution in [0.2, 0.25) is 0 Å². The fraction of sp³-hybridized carbons (Fsp3) is 1.00. The van der Waals surface area contributed by atoms with Crippen LogP contribution in [0.1, 0.15) is 33.6 Å². The highest BCUT2D eigenvalue weighted by Gasteiger charge is 2.48. The summed E-state index contributed by atoms with van der Waals surface area (Å²) in [5, 5.41) is 8.83. The normalized spacial score (nSPS) is 35.8. The van der Waals surface area contributed by atoms with Crippen LogP contribution in [0.15, 0.2) is 0 Å². The van der Waals surface area contributed by atoms with Crippen LogP contribution in [-0.2, 0) is 0 Å². The zero-order valence-electron chi connectivity index (χ0n) is 8.38. The molecule has 72 valence electrons. The minimum atomic E-state index is 0.301. The Hall–Kier alpha value is -0.0800. The van der Waals surface area contributed by atoms with Crippen molar-refractivity contribution in [2.24, 2.45) is 23.0 Å². The van der Waals surface area contributed by atoms with Crippen molar-refractivity contribution in [1.29, 1.82) is 0 Å². The first-order chi connectivity index (χ1) is 5.50. The van der Waals surface area contributed by atoms with E-state index in [0.29, 0.717) is 29.9 Å². The fourth-order valence-electron chi connectivity index (χ4n) is 2.59. The molecule has 0 aliphatic heterocycles. The van der Waals surface area contributed by atoms with Gasteiger partial charge in [0.2, 0.25) is 0 Å². The molecule has 2 nitrogen and oxygen atoms in total. The Morgan fingerprint density at radius 1 is 1.58 bits per heavy atom. The Morgan fingerprint density at radius 3 is 2.50 bits per heavy atom. The van der Waals surface area contributed by atoms with Crippen molar-refractivity contribution in [2.45, 2.75) is 39.7 Å². The largest absolute Gasteiger partial charge is 0.396 e. The molecule has 3 N–H and O–H groups in total. The molecule has 1 saturated carbocycles. The highest BCUT2D eigenvalue weighted by atomic mass is 16.3. The Kier molecular flexibility index (Phi) is 2.79. The van der Waals surface area contributed by atoms with Crippen molar-refractivity contribution >= 4 is 0 Å². The molecule has 1 aliphatic carbocycles. The second kappa shape index (κ2) is 3.35. The van der Waals surface area contributed by atoms with Gasteiger partial charge in [0.1, 0.15) is 0 Å². The van der Waals surface area contributed by atoms with Crippen LogP contribution in [0.5, 0.6) is 0 Å². The van der Waals surface area contributed by atoms with Gasteiger partial charge in [0.05, 0.1) is 0 Å². The molecule has 0 amide bonds. The monoisotopic (exact) mass is 171 g/mol. The summed E-state index contributed by atoms with van der Waals surface area (Å²) in [6.45, 7) is 6.94. The lowest BCUT2D eigenvalue weighted by molar-refractivity contribution is -0.0444. The number of nitrogens with two attached hydrogens (primary N) is 1. The maximum atomic E-state index is 8.83. The molecule has 3 atom stereocenters.